The molecule has 2 heterocycles. The van der Waals surface area contributed by atoms with E-state index < -0.39 is 0 Å². The van der Waals surface area contributed by atoms with Gasteiger partial charge in [-0.25, -0.2) is 0 Å². The fourth-order valence-corrected chi connectivity index (χ4v) is 4.46. The van der Waals surface area contributed by atoms with E-state index in [0.717, 1.165) is 36.2 Å². The minimum absolute atomic E-state index is 0.0506. The predicted molar refractivity (Wildman–Crippen MR) is 91.0 cm³/mol. The van der Waals surface area contributed by atoms with Crippen molar-refractivity contribution in [3.05, 3.63) is 29.8 Å². The van der Waals surface area contributed by atoms with Gasteiger partial charge < -0.3 is 15.0 Å². The molecule has 2 aliphatic heterocycles. The lowest BCUT2D eigenvalue weighted by molar-refractivity contribution is -0.961. The smallest absolute Gasteiger partial charge is 0.251 e. The first kappa shape index (κ1) is 16.3. The summed E-state index contributed by atoms with van der Waals surface area (Å²) in [6.07, 6.45) is 7.52. The van der Waals surface area contributed by atoms with Crippen molar-refractivity contribution in [2.75, 3.05) is 13.7 Å². The number of carbonyl (C=O) groups is 1. The zero-order chi connectivity index (χ0) is 16.2. The monoisotopic (exact) mass is 317 g/mol. The van der Waals surface area contributed by atoms with E-state index in [-0.39, 0.29) is 5.91 Å². The van der Waals surface area contributed by atoms with Crippen LogP contribution in [0.3, 0.4) is 0 Å². The number of quaternary nitrogens is 1. The second-order valence-electron chi connectivity index (χ2n) is 7.02. The topological polar surface area (TPSA) is 42.8 Å². The second-order valence-corrected chi connectivity index (χ2v) is 7.02. The predicted octanol–water partition coefficient (Wildman–Crippen LogP) is 1.80. The van der Waals surface area contributed by atoms with Gasteiger partial charge in [-0.15, -0.1) is 0 Å². The Morgan fingerprint density at radius 1 is 1.22 bits per heavy atom. The summed E-state index contributed by atoms with van der Waals surface area (Å²) in [5.41, 5.74) is 0.722. The number of nitrogens with one attached hydrogen (secondary N) is 2. The van der Waals surface area contributed by atoms with Crippen molar-refractivity contribution in [3.63, 3.8) is 0 Å². The number of benzene rings is 1. The fraction of sp³-hybridized carbons (Fsp3) is 0.632. The Hall–Kier alpha value is -1.55. The molecule has 0 saturated carbocycles. The number of piperidine rings is 2. The van der Waals surface area contributed by atoms with E-state index in [1.54, 1.807) is 12.0 Å². The Labute approximate surface area is 139 Å². The molecule has 2 saturated heterocycles. The van der Waals surface area contributed by atoms with Gasteiger partial charge >= 0.3 is 0 Å². The van der Waals surface area contributed by atoms with Crippen LogP contribution >= 0.6 is 0 Å². The van der Waals surface area contributed by atoms with Crippen molar-refractivity contribution in [2.24, 2.45) is 0 Å². The third kappa shape index (κ3) is 3.69. The molecule has 0 spiro atoms. The molecule has 0 radical (unpaired) electrons. The van der Waals surface area contributed by atoms with Crippen molar-refractivity contribution in [3.8, 4) is 5.75 Å². The molecule has 2 N–H and O–H groups in total. The van der Waals surface area contributed by atoms with Crippen LogP contribution in [-0.2, 0) is 0 Å². The van der Waals surface area contributed by atoms with E-state index >= 15 is 0 Å². The number of carbonyl (C=O) groups excluding carboxylic acids is 1. The van der Waals surface area contributed by atoms with Crippen LogP contribution < -0.4 is 15.0 Å². The van der Waals surface area contributed by atoms with Crippen LogP contribution in [0.5, 0.6) is 5.75 Å². The average molecular weight is 317 g/mol. The number of amides is 1. The summed E-state index contributed by atoms with van der Waals surface area (Å²) in [5.74, 6) is 0.835. The number of rotatable bonds is 5. The molecule has 1 aromatic carbocycles. The SMILES string of the molecule is CCC[NH+]1[C@@H]2CCC[C@H]1CC(NC(=O)c1ccc(OC)cc1)C2. The minimum Gasteiger partial charge on any atom is -0.497 e. The number of ether oxygens (including phenoxy) is 1. The van der Waals surface area contributed by atoms with Gasteiger partial charge in [0.25, 0.3) is 5.91 Å². The quantitative estimate of drug-likeness (QED) is 0.870. The highest BCUT2D eigenvalue weighted by Gasteiger charge is 2.41. The van der Waals surface area contributed by atoms with Crippen molar-refractivity contribution in [1.29, 1.82) is 0 Å². The van der Waals surface area contributed by atoms with E-state index in [9.17, 15) is 4.79 Å². The number of hydrogen-bond acceptors (Lipinski definition) is 2. The zero-order valence-electron chi connectivity index (χ0n) is 14.3. The average Bonchev–Trinajstić information content (AvgIpc) is 2.56. The highest BCUT2D eigenvalue weighted by molar-refractivity contribution is 5.94. The summed E-state index contributed by atoms with van der Waals surface area (Å²) < 4.78 is 5.15. The summed E-state index contributed by atoms with van der Waals surface area (Å²) in [5, 5.41) is 3.27. The Morgan fingerprint density at radius 2 is 1.87 bits per heavy atom. The van der Waals surface area contributed by atoms with Crippen LogP contribution in [0, 0.1) is 0 Å². The van der Waals surface area contributed by atoms with Gasteiger partial charge in [-0.1, -0.05) is 6.92 Å². The largest absolute Gasteiger partial charge is 0.497 e. The zero-order valence-corrected chi connectivity index (χ0v) is 14.3. The molecule has 1 amide bonds. The molecule has 0 aromatic heterocycles. The first-order valence-corrected chi connectivity index (χ1v) is 9.01. The maximum absolute atomic E-state index is 12.5. The van der Waals surface area contributed by atoms with Crippen molar-refractivity contribution < 1.29 is 14.4 Å². The van der Waals surface area contributed by atoms with E-state index in [2.05, 4.69) is 12.2 Å². The normalized spacial score (nSPS) is 29.8. The molecular formula is C19H29N2O2+. The number of methoxy groups -OCH3 is 1. The van der Waals surface area contributed by atoms with Crippen LogP contribution in [-0.4, -0.2) is 37.7 Å². The fourth-order valence-electron chi connectivity index (χ4n) is 4.46. The molecule has 4 heteroatoms. The molecule has 3 rings (SSSR count). The van der Waals surface area contributed by atoms with Gasteiger partial charge in [-0.2, -0.15) is 0 Å². The van der Waals surface area contributed by atoms with Crippen LogP contribution in [0.1, 0.15) is 55.8 Å². The first-order chi connectivity index (χ1) is 11.2. The van der Waals surface area contributed by atoms with E-state index in [0.29, 0.717) is 6.04 Å². The van der Waals surface area contributed by atoms with E-state index in [1.165, 1.54) is 32.2 Å². The van der Waals surface area contributed by atoms with Crippen LogP contribution in [0.4, 0.5) is 0 Å². The molecular weight excluding hydrogens is 288 g/mol. The summed E-state index contributed by atoms with van der Waals surface area (Å²) in [6, 6.07) is 9.18. The molecule has 2 unspecified atom stereocenters. The minimum atomic E-state index is 0.0506. The van der Waals surface area contributed by atoms with E-state index in [1.807, 2.05) is 24.3 Å². The first-order valence-electron chi connectivity index (χ1n) is 9.01. The molecule has 0 aliphatic carbocycles. The van der Waals surface area contributed by atoms with Gasteiger partial charge in [0.05, 0.1) is 25.7 Å². The lowest BCUT2D eigenvalue weighted by Crippen LogP contribution is -3.21. The summed E-state index contributed by atoms with van der Waals surface area (Å²) in [6.45, 7) is 3.56. The van der Waals surface area contributed by atoms with Crippen molar-refractivity contribution >= 4 is 5.91 Å². The van der Waals surface area contributed by atoms with Crippen molar-refractivity contribution in [1.82, 2.24) is 5.32 Å². The van der Waals surface area contributed by atoms with Gasteiger partial charge in [-0.3, -0.25) is 4.79 Å². The van der Waals surface area contributed by atoms with Gasteiger partial charge in [-0.05, 0) is 49.9 Å². The van der Waals surface area contributed by atoms with Gasteiger partial charge in [0.1, 0.15) is 5.75 Å². The van der Waals surface area contributed by atoms with E-state index in [4.69, 9.17) is 4.74 Å². The third-order valence-electron chi connectivity index (χ3n) is 5.52. The van der Waals surface area contributed by atoms with Gasteiger partial charge in [0.15, 0.2) is 0 Å². The lowest BCUT2D eigenvalue weighted by atomic mass is 9.81. The highest BCUT2D eigenvalue weighted by atomic mass is 16.5. The van der Waals surface area contributed by atoms with Gasteiger partial charge in [0.2, 0.25) is 0 Å². The number of hydrogen-bond donors (Lipinski definition) is 2. The molecule has 23 heavy (non-hydrogen) atoms. The summed E-state index contributed by atoms with van der Waals surface area (Å²) in [7, 11) is 1.64. The van der Waals surface area contributed by atoms with Crippen LogP contribution in [0.2, 0.25) is 0 Å². The Morgan fingerprint density at radius 3 is 2.43 bits per heavy atom. The molecule has 2 aliphatic rings. The molecule has 4 nitrogen and oxygen atoms in total. The maximum atomic E-state index is 12.5. The Bertz CT molecular complexity index is 515. The standard InChI is InChI=1S/C19H28N2O2/c1-3-11-21-16-5-4-6-17(21)13-15(12-16)20-19(22)14-7-9-18(23-2)10-8-14/h7-10,15-17H,3-6,11-13H2,1-2H3,(H,20,22)/p+1/t15?,16-,17+. The molecule has 4 atom stereocenters. The van der Waals surface area contributed by atoms with Crippen LogP contribution in [0.15, 0.2) is 24.3 Å². The Kier molecular flexibility index (Phi) is 5.21. The highest BCUT2D eigenvalue weighted by Crippen LogP contribution is 2.22. The molecule has 2 fully saturated rings. The molecule has 2 bridgehead atoms. The maximum Gasteiger partial charge on any atom is 0.251 e. The Balaban J connectivity index is 1.61. The van der Waals surface area contributed by atoms with Crippen molar-refractivity contribution in [2.45, 2.75) is 63.6 Å². The second kappa shape index (κ2) is 7.35. The van der Waals surface area contributed by atoms with Crippen LogP contribution in [0.25, 0.3) is 0 Å². The summed E-state index contributed by atoms with van der Waals surface area (Å²) in [4.78, 5) is 14.3. The summed E-state index contributed by atoms with van der Waals surface area (Å²) >= 11 is 0. The molecule has 126 valence electrons. The van der Waals surface area contributed by atoms with Gasteiger partial charge in [0, 0.05) is 24.4 Å². The number of fused-ring (bicyclic) bond motifs is 2. The third-order valence-corrected chi connectivity index (χ3v) is 5.52. The lowest BCUT2D eigenvalue weighted by Gasteiger charge is -2.46. The molecule has 1 aromatic rings.